The molecule has 1 aromatic carbocycles. The number of methoxy groups -OCH3 is 1. The van der Waals surface area contributed by atoms with Gasteiger partial charge in [-0.05, 0) is 12.1 Å². The summed E-state index contributed by atoms with van der Waals surface area (Å²) in [5.41, 5.74) is 0.186. The van der Waals surface area contributed by atoms with Crippen molar-refractivity contribution in [1.82, 2.24) is 0 Å². The Morgan fingerprint density at radius 3 is 2.15 bits per heavy atom. The Bertz CT molecular complexity index is 1010. The molecule has 0 aliphatic carbocycles. The fraction of sp³-hybridized carbons (Fsp3) is 0.500. The highest BCUT2D eigenvalue weighted by atomic mass is 16.7. The zero-order valence-electron chi connectivity index (χ0n) is 22.1. The molecule has 1 unspecified atom stereocenters. The van der Waals surface area contributed by atoms with E-state index in [9.17, 15) is 24.0 Å². The Hall–Kier alpha value is -3.67. The summed E-state index contributed by atoms with van der Waals surface area (Å²) in [6, 6.07) is 4.02. The van der Waals surface area contributed by atoms with Gasteiger partial charge in [-0.15, -0.1) is 0 Å². The second kappa shape index (κ2) is 12.0. The van der Waals surface area contributed by atoms with Crippen molar-refractivity contribution < 1.29 is 62.6 Å². The highest BCUT2D eigenvalue weighted by Gasteiger charge is 2.53. The largest absolute Gasteiger partial charge is 0.496 e. The number of rotatable bonds is 9. The van der Waals surface area contributed by atoms with E-state index in [1.165, 1.54) is 25.3 Å². The first kappa shape index (κ1) is 20.9. The van der Waals surface area contributed by atoms with E-state index in [0.717, 1.165) is 0 Å². The molecule has 186 valence electrons. The van der Waals surface area contributed by atoms with Gasteiger partial charge in [0, 0.05) is 39.1 Å². The van der Waals surface area contributed by atoms with Gasteiger partial charge in [0.05, 0.1) is 12.7 Å². The summed E-state index contributed by atoms with van der Waals surface area (Å²) < 4.78 is 66.3. The number of ether oxygens (including phenoxy) is 7. The smallest absolute Gasteiger partial charge is 0.303 e. The van der Waals surface area contributed by atoms with Crippen LogP contribution in [0.5, 0.6) is 11.5 Å². The van der Waals surface area contributed by atoms with Crippen LogP contribution in [0.2, 0.25) is 0 Å². The quantitative estimate of drug-likeness (QED) is 0.278. The molecule has 1 heterocycles. The van der Waals surface area contributed by atoms with Gasteiger partial charge in [-0.1, -0.05) is 0 Å². The number of carbonyl (C=O) groups is 5. The zero-order chi connectivity index (χ0) is 28.2. The van der Waals surface area contributed by atoms with E-state index >= 15 is 0 Å². The molecule has 2 rings (SSSR count). The lowest BCUT2D eigenvalue weighted by Crippen LogP contribution is -2.63. The van der Waals surface area contributed by atoms with E-state index < -0.39 is 88.8 Å². The van der Waals surface area contributed by atoms with Gasteiger partial charge in [0.15, 0.2) is 18.5 Å². The maximum absolute atomic E-state index is 12.1. The fourth-order valence-corrected chi connectivity index (χ4v) is 3.14. The van der Waals surface area contributed by atoms with Crippen LogP contribution in [0.25, 0.3) is 0 Å². The van der Waals surface area contributed by atoms with Gasteiger partial charge in [0.2, 0.25) is 12.4 Å². The summed E-state index contributed by atoms with van der Waals surface area (Å²) in [5.74, 6) is -4.13. The van der Waals surface area contributed by atoms with E-state index in [2.05, 4.69) is 0 Å². The fourth-order valence-electron chi connectivity index (χ4n) is 3.14. The highest BCUT2D eigenvalue weighted by molar-refractivity contribution is 5.79. The molecule has 0 bridgehead atoms. The molecule has 0 spiro atoms. The van der Waals surface area contributed by atoms with Crippen LogP contribution in [0.4, 0.5) is 0 Å². The van der Waals surface area contributed by atoms with Crippen molar-refractivity contribution in [3.05, 3.63) is 23.8 Å². The normalized spacial score (nSPS) is 25.3. The van der Waals surface area contributed by atoms with Crippen molar-refractivity contribution in [2.45, 2.75) is 58.3 Å². The van der Waals surface area contributed by atoms with Crippen molar-refractivity contribution >= 4 is 30.2 Å². The van der Waals surface area contributed by atoms with Gasteiger partial charge >= 0.3 is 23.9 Å². The third kappa shape index (κ3) is 7.17. The molecular formula is C22H26O12. The first-order valence-electron chi connectivity index (χ1n) is 12.4. The lowest BCUT2D eigenvalue weighted by molar-refractivity contribution is -0.288. The van der Waals surface area contributed by atoms with Gasteiger partial charge in [0.1, 0.15) is 24.2 Å². The van der Waals surface area contributed by atoms with Crippen molar-refractivity contribution in [3.63, 3.8) is 0 Å². The van der Waals surface area contributed by atoms with E-state index in [-0.39, 0.29) is 17.1 Å². The van der Waals surface area contributed by atoms with E-state index in [0.29, 0.717) is 6.29 Å². The summed E-state index contributed by atoms with van der Waals surface area (Å²) in [6.45, 7) is -3.95. The maximum atomic E-state index is 12.1. The molecule has 0 amide bonds. The minimum absolute atomic E-state index is 0.0263. The lowest BCUT2D eigenvalue weighted by Gasteiger charge is -2.43. The lowest BCUT2D eigenvalue weighted by atomic mass is 9.98. The average molecular weight is 486 g/mol. The number of aldehydes is 1. The monoisotopic (exact) mass is 486 g/mol. The second-order valence-corrected chi connectivity index (χ2v) is 6.73. The maximum Gasteiger partial charge on any atom is 0.303 e. The molecule has 0 radical (unpaired) electrons. The molecular weight excluding hydrogens is 456 g/mol. The first-order chi connectivity index (χ1) is 18.2. The molecule has 1 aliphatic heterocycles. The summed E-state index contributed by atoms with van der Waals surface area (Å²) in [6.07, 6.45) is -7.49. The third-order valence-corrected chi connectivity index (χ3v) is 4.39. The number of hydrogen-bond acceptors (Lipinski definition) is 12. The van der Waals surface area contributed by atoms with Crippen LogP contribution in [0.15, 0.2) is 18.2 Å². The standard InChI is InChI=1S/C22H26O12/c1-11(24)29-10-18-19(30-12(2)25)20(31-13(3)26)21(32-14(4)27)22(34-18)33-16-7-6-15(9-23)17(8-16)28-5/h6-9,18-22H,10H2,1-5H3/t18-,19-,20+,21-,22?/m1/s1/i1D,2D,3D,4D. The van der Waals surface area contributed by atoms with Crippen LogP contribution in [-0.4, -0.2) is 74.6 Å². The Kier molecular flexibility index (Phi) is 7.36. The van der Waals surface area contributed by atoms with Crippen molar-refractivity contribution in [3.8, 4) is 11.5 Å². The van der Waals surface area contributed by atoms with Crippen molar-refractivity contribution in [1.29, 1.82) is 0 Å². The average Bonchev–Trinajstić information content (AvgIpc) is 2.93. The number of esters is 4. The Balaban J connectivity index is 2.55. The minimum Gasteiger partial charge on any atom is -0.496 e. The molecule has 0 N–H and O–H groups in total. The van der Waals surface area contributed by atoms with E-state index in [4.69, 9.17) is 38.6 Å². The summed E-state index contributed by atoms with van der Waals surface area (Å²) in [5, 5.41) is 0. The topological polar surface area (TPSA) is 150 Å². The zero-order valence-corrected chi connectivity index (χ0v) is 18.1. The Labute approximate surface area is 200 Å². The van der Waals surface area contributed by atoms with Gasteiger partial charge < -0.3 is 33.2 Å². The minimum atomic E-state index is -1.69. The van der Waals surface area contributed by atoms with Crippen LogP contribution in [0, 0.1) is 0 Å². The molecule has 1 saturated heterocycles. The molecule has 12 nitrogen and oxygen atoms in total. The van der Waals surface area contributed by atoms with Gasteiger partial charge in [-0.25, -0.2) is 0 Å². The SMILES string of the molecule is [2H]CC(=O)OC[C@H]1OC(Oc2ccc(C=O)c(OC)c2)[C@H](OC(=O)C[2H])[C@@H](OC(=O)C[2H])[C@@H]1OC(=O)C[2H]. The molecule has 12 heteroatoms. The molecule has 5 atom stereocenters. The molecule has 0 saturated carbocycles. The highest BCUT2D eigenvalue weighted by Crippen LogP contribution is 2.32. The van der Waals surface area contributed by atoms with Crippen LogP contribution >= 0.6 is 0 Å². The van der Waals surface area contributed by atoms with Crippen molar-refractivity contribution in [2.24, 2.45) is 0 Å². The van der Waals surface area contributed by atoms with Crippen LogP contribution in [-0.2, 0) is 42.9 Å². The van der Waals surface area contributed by atoms with E-state index in [1.807, 2.05) is 0 Å². The molecule has 1 fully saturated rings. The van der Waals surface area contributed by atoms with Crippen molar-refractivity contribution in [2.75, 3.05) is 13.7 Å². The van der Waals surface area contributed by atoms with Crippen LogP contribution < -0.4 is 9.47 Å². The molecule has 34 heavy (non-hydrogen) atoms. The second-order valence-electron chi connectivity index (χ2n) is 6.73. The predicted octanol–water partition coefficient (Wildman–Crippen LogP) is 0.970. The number of carbonyl (C=O) groups excluding carboxylic acids is 5. The van der Waals surface area contributed by atoms with E-state index in [1.54, 1.807) is 0 Å². The molecule has 1 aliphatic rings. The van der Waals surface area contributed by atoms with Crippen LogP contribution in [0.1, 0.15) is 43.4 Å². The first-order valence-corrected chi connectivity index (χ1v) is 9.57. The molecule has 0 aromatic heterocycles. The Morgan fingerprint density at radius 2 is 1.56 bits per heavy atom. The van der Waals surface area contributed by atoms with Crippen LogP contribution in [0.3, 0.4) is 0 Å². The van der Waals surface area contributed by atoms with Gasteiger partial charge in [0.25, 0.3) is 0 Å². The molecule has 1 aromatic rings. The predicted molar refractivity (Wildman–Crippen MR) is 111 cm³/mol. The summed E-state index contributed by atoms with van der Waals surface area (Å²) in [4.78, 5) is 59.1. The number of hydrogen-bond donors (Lipinski definition) is 0. The third-order valence-electron chi connectivity index (χ3n) is 4.39. The number of benzene rings is 1. The van der Waals surface area contributed by atoms with Gasteiger partial charge in [-0.3, -0.25) is 24.0 Å². The summed E-state index contributed by atoms with van der Waals surface area (Å²) in [7, 11) is 1.31. The summed E-state index contributed by atoms with van der Waals surface area (Å²) >= 11 is 0. The Morgan fingerprint density at radius 1 is 0.941 bits per heavy atom. The van der Waals surface area contributed by atoms with Gasteiger partial charge in [-0.2, -0.15) is 0 Å².